The van der Waals surface area contributed by atoms with E-state index in [1.807, 2.05) is 0 Å². The summed E-state index contributed by atoms with van der Waals surface area (Å²) in [4.78, 5) is 43.6. The summed E-state index contributed by atoms with van der Waals surface area (Å²) in [6.07, 6.45) is -0.142. The van der Waals surface area contributed by atoms with E-state index in [0.717, 1.165) is 20.7 Å². The van der Waals surface area contributed by atoms with E-state index < -0.39 is 23.8 Å². The lowest BCUT2D eigenvalue weighted by molar-refractivity contribution is -0.122. The molecule has 3 heterocycles. The second-order valence-electron chi connectivity index (χ2n) is 6.96. The SMILES string of the molecule is O=C1N=c2ccccc2=C1c1sc(=S)n(C2CC(=O)N(c3ccc(Br)cc3)C2=O)c1O. The molecule has 0 bridgehead atoms. The number of halogens is 1. The van der Waals surface area contributed by atoms with Gasteiger partial charge in [0, 0.05) is 9.69 Å². The molecule has 3 aromatic rings. The molecule has 2 aliphatic rings. The Hall–Kier alpha value is -2.95. The van der Waals surface area contributed by atoms with Crippen molar-refractivity contribution in [3.8, 4) is 5.88 Å². The zero-order valence-electron chi connectivity index (χ0n) is 15.6. The lowest BCUT2D eigenvalue weighted by Gasteiger charge is -2.16. The second-order valence-corrected chi connectivity index (χ2v) is 9.52. The molecule has 10 heteroatoms. The van der Waals surface area contributed by atoms with Crippen LogP contribution in [0.2, 0.25) is 0 Å². The van der Waals surface area contributed by atoms with Crippen molar-refractivity contribution in [1.82, 2.24) is 4.57 Å². The average molecular weight is 514 g/mol. The predicted octanol–water partition coefficient (Wildman–Crippen LogP) is 2.61. The van der Waals surface area contributed by atoms with Crippen LogP contribution >= 0.6 is 39.5 Å². The first-order valence-electron chi connectivity index (χ1n) is 9.16. The van der Waals surface area contributed by atoms with Crippen molar-refractivity contribution in [1.29, 1.82) is 0 Å². The predicted molar refractivity (Wildman–Crippen MR) is 120 cm³/mol. The van der Waals surface area contributed by atoms with Crippen LogP contribution in [0.5, 0.6) is 5.88 Å². The minimum atomic E-state index is -0.988. The maximum Gasteiger partial charge on any atom is 0.279 e. The van der Waals surface area contributed by atoms with E-state index in [2.05, 4.69) is 20.9 Å². The van der Waals surface area contributed by atoms with Gasteiger partial charge in [0.25, 0.3) is 11.8 Å². The van der Waals surface area contributed by atoms with Crippen LogP contribution in [0.4, 0.5) is 5.69 Å². The molecule has 5 rings (SSSR count). The summed E-state index contributed by atoms with van der Waals surface area (Å²) < 4.78 is 2.27. The molecular formula is C21H12BrN3O4S2. The molecule has 1 unspecified atom stereocenters. The van der Waals surface area contributed by atoms with Crippen LogP contribution in [-0.2, 0) is 14.4 Å². The van der Waals surface area contributed by atoms with E-state index in [9.17, 15) is 19.5 Å². The molecule has 154 valence electrons. The van der Waals surface area contributed by atoms with Crippen molar-refractivity contribution in [3.05, 3.63) is 72.4 Å². The topological polar surface area (TPSA) is 92.0 Å². The van der Waals surface area contributed by atoms with Gasteiger partial charge in [0.05, 0.1) is 23.0 Å². The van der Waals surface area contributed by atoms with Crippen molar-refractivity contribution >= 4 is 68.5 Å². The zero-order chi connectivity index (χ0) is 21.9. The van der Waals surface area contributed by atoms with Crippen LogP contribution in [0.1, 0.15) is 17.3 Å². The second kappa shape index (κ2) is 7.33. The molecule has 1 atom stereocenters. The first-order chi connectivity index (χ1) is 14.9. The molecule has 7 nitrogen and oxygen atoms in total. The number of thiazole rings is 1. The quantitative estimate of drug-likeness (QED) is 0.429. The molecule has 0 spiro atoms. The van der Waals surface area contributed by atoms with Crippen LogP contribution in [0.15, 0.2) is 58.0 Å². The molecule has 31 heavy (non-hydrogen) atoms. The molecule has 0 saturated carbocycles. The number of para-hydroxylation sites is 1. The van der Waals surface area contributed by atoms with Crippen molar-refractivity contribution in [2.75, 3.05) is 4.90 Å². The standard InChI is InChI=1S/C21H12BrN3O4S2/c22-10-5-7-11(8-6-10)24-15(26)9-14(19(24)28)25-20(29)17(31-21(25)30)16-12-3-1-2-4-13(12)23-18(16)27/h1-8,14,29H,9H2. The Labute approximate surface area is 192 Å². The van der Waals surface area contributed by atoms with Gasteiger partial charge >= 0.3 is 0 Å². The maximum absolute atomic E-state index is 13.1. The summed E-state index contributed by atoms with van der Waals surface area (Å²) in [5, 5.41) is 12.1. The van der Waals surface area contributed by atoms with Gasteiger partial charge in [-0.05, 0) is 42.5 Å². The molecule has 2 aliphatic heterocycles. The van der Waals surface area contributed by atoms with Gasteiger partial charge in [0.2, 0.25) is 11.8 Å². The third kappa shape index (κ3) is 3.10. The summed E-state index contributed by atoms with van der Waals surface area (Å²) in [6.45, 7) is 0. The number of benzene rings is 2. The summed E-state index contributed by atoms with van der Waals surface area (Å²) >= 11 is 9.76. The third-order valence-electron chi connectivity index (χ3n) is 5.17. The normalized spacial score (nSPS) is 18.0. The van der Waals surface area contributed by atoms with Crippen molar-refractivity contribution in [2.24, 2.45) is 4.99 Å². The first kappa shape index (κ1) is 20.0. The van der Waals surface area contributed by atoms with Gasteiger partial charge in [0.1, 0.15) is 10.9 Å². The van der Waals surface area contributed by atoms with Crippen LogP contribution < -0.4 is 15.5 Å². The summed E-state index contributed by atoms with van der Waals surface area (Å²) in [7, 11) is 0. The molecular weight excluding hydrogens is 502 g/mol. The third-order valence-corrected chi connectivity index (χ3v) is 7.11. The van der Waals surface area contributed by atoms with E-state index >= 15 is 0 Å². The lowest BCUT2D eigenvalue weighted by Crippen LogP contribution is -2.31. The van der Waals surface area contributed by atoms with Gasteiger partial charge < -0.3 is 5.11 Å². The van der Waals surface area contributed by atoms with Gasteiger partial charge in [-0.3, -0.25) is 19.0 Å². The Kier molecular flexibility index (Phi) is 4.72. The highest BCUT2D eigenvalue weighted by Crippen LogP contribution is 2.39. The van der Waals surface area contributed by atoms with E-state index in [4.69, 9.17) is 12.2 Å². The van der Waals surface area contributed by atoms with E-state index in [-0.39, 0.29) is 26.7 Å². The zero-order valence-corrected chi connectivity index (χ0v) is 18.8. The summed E-state index contributed by atoms with van der Waals surface area (Å²) in [5.41, 5.74) is 0.680. The van der Waals surface area contributed by atoms with Gasteiger partial charge in [-0.1, -0.05) is 34.1 Å². The molecule has 2 aromatic carbocycles. The molecule has 1 fully saturated rings. The largest absolute Gasteiger partial charge is 0.493 e. The van der Waals surface area contributed by atoms with Gasteiger partial charge in [-0.15, -0.1) is 11.3 Å². The van der Waals surface area contributed by atoms with E-state index in [1.54, 1.807) is 48.5 Å². The number of amides is 3. The number of fused-ring (bicyclic) bond motifs is 1. The number of rotatable bonds is 3. The Bertz CT molecular complexity index is 1470. The summed E-state index contributed by atoms with van der Waals surface area (Å²) in [6, 6.07) is 12.8. The minimum Gasteiger partial charge on any atom is -0.493 e. The average Bonchev–Trinajstić information content (AvgIpc) is 3.32. The smallest absolute Gasteiger partial charge is 0.279 e. The number of carbonyl (C=O) groups is 3. The van der Waals surface area contributed by atoms with Gasteiger partial charge in [-0.2, -0.15) is 0 Å². The fourth-order valence-electron chi connectivity index (χ4n) is 3.78. The number of nitrogens with zero attached hydrogens (tertiary/aromatic N) is 3. The van der Waals surface area contributed by atoms with Gasteiger partial charge in [0.15, 0.2) is 3.95 Å². The Morgan fingerprint density at radius 3 is 2.55 bits per heavy atom. The Morgan fingerprint density at radius 1 is 1.10 bits per heavy atom. The fourth-order valence-corrected chi connectivity index (χ4v) is 5.48. The number of aromatic nitrogens is 1. The molecule has 1 saturated heterocycles. The Balaban J connectivity index is 1.60. The maximum atomic E-state index is 13.1. The molecule has 0 radical (unpaired) electrons. The Morgan fingerprint density at radius 2 is 1.81 bits per heavy atom. The van der Waals surface area contributed by atoms with E-state index in [1.165, 1.54) is 4.57 Å². The molecule has 3 amide bonds. The van der Waals surface area contributed by atoms with Gasteiger partial charge in [-0.25, -0.2) is 9.89 Å². The van der Waals surface area contributed by atoms with Crippen molar-refractivity contribution in [3.63, 3.8) is 0 Å². The highest BCUT2D eigenvalue weighted by Gasteiger charge is 2.43. The monoisotopic (exact) mass is 513 g/mol. The molecule has 0 aliphatic carbocycles. The van der Waals surface area contributed by atoms with Crippen LogP contribution in [0, 0.1) is 3.95 Å². The van der Waals surface area contributed by atoms with Crippen LogP contribution in [0.3, 0.4) is 0 Å². The van der Waals surface area contributed by atoms with Crippen LogP contribution in [-0.4, -0.2) is 27.4 Å². The number of hydrogen-bond donors (Lipinski definition) is 1. The first-order valence-corrected chi connectivity index (χ1v) is 11.2. The highest BCUT2D eigenvalue weighted by molar-refractivity contribution is 9.10. The number of hydrogen-bond acceptors (Lipinski definition) is 6. The van der Waals surface area contributed by atoms with Crippen LogP contribution in [0.25, 0.3) is 5.57 Å². The highest BCUT2D eigenvalue weighted by atomic mass is 79.9. The van der Waals surface area contributed by atoms with Crippen molar-refractivity contribution in [2.45, 2.75) is 12.5 Å². The molecule has 1 N–H and O–H groups in total. The number of imide groups is 1. The summed E-state index contributed by atoms with van der Waals surface area (Å²) in [5.74, 6) is -1.67. The van der Waals surface area contributed by atoms with Crippen molar-refractivity contribution < 1.29 is 19.5 Å². The minimum absolute atomic E-state index is 0.142. The number of carbonyl (C=O) groups excluding carboxylic acids is 3. The molecule has 1 aromatic heterocycles. The number of aromatic hydroxyl groups is 1. The number of anilines is 1. The fraction of sp³-hybridized carbons (Fsp3) is 0.0952. The lowest BCUT2D eigenvalue weighted by atomic mass is 10.1. The van der Waals surface area contributed by atoms with E-state index in [0.29, 0.717) is 16.3 Å².